The molecule has 0 unspecified atom stereocenters. The highest BCUT2D eigenvalue weighted by Crippen LogP contribution is 2.23. The molecule has 0 saturated carbocycles. The van der Waals surface area contributed by atoms with Crippen molar-refractivity contribution in [2.24, 2.45) is 0 Å². The quantitative estimate of drug-likeness (QED) is 0.747. The molecule has 3 amide bonds. The Morgan fingerprint density at radius 3 is 2.64 bits per heavy atom. The Labute approximate surface area is 169 Å². The molecular formula is C20H26N4O3S. The van der Waals surface area contributed by atoms with E-state index in [1.54, 1.807) is 0 Å². The van der Waals surface area contributed by atoms with Gasteiger partial charge in [-0.1, -0.05) is 12.1 Å². The zero-order valence-electron chi connectivity index (χ0n) is 16.0. The Bertz CT molecular complexity index is 774. The number of ether oxygens (including phenoxy) is 1. The molecule has 2 aromatic rings. The van der Waals surface area contributed by atoms with Crippen LogP contribution in [0.25, 0.3) is 0 Å². The van der Waals surface area contributed by atoms with Crippen molar-refractivity contribution in [1.29, 1.82) is 0 Å². The molecule has 1 aromatic carbocycles. The molecule has 0 bridgehead atoms. The first-order valence-electron chi connectivity index (χ1n) is 9.48. The number of anilines is 1. The lowest BCUT2D eigenvalue weighted by molar-refractivity contribution is 0.0640. The number of thiophene rings is 1. The molecule has 2 N–H and O–H groups in total. The third-order valence-corrected chi connectivity index (χ3v) is 5.26. The van der Waals surface area contributed by atoms with E-state index in [4.69, 9.17) is 4.74 Å². The number of rotatable bonds is 7. The van der Waals surface area contributed by atoms with Gasteiger partial charge in [-0.05, 0) is 30.5 Å². The first-order valence-corrected chi connectivity index (χ1v) is 10.4. The van der Waals surface area contributed by atoms with Crippen LogP contribution in [-0.2, 0) is 0 Å². The van der Waals surface area contributed by atoms with Crippen LogP contribution in [0.5, 0.6) is 5.75 Å². The van der Waals surface area contributed by atoms with Gasteiger partial charge in [0.2, 0.25) is 0 Å². The molecule has 0 atom stereocenters. The van der Waals surface area contributed by atoms with Gasteiger partial charge in [0.25, 0.3) is 5.91 Å². The fourth-order valence-electron chi connectivity index (χ4n) is 3.09. The molecular weight excluding hydrogens is 376 g/mol. The zero-order chi connectivity index (χ0) is 19.8. The standard InChI is InChI=1S/C20H26N4O3S/c1-2-27-18-6-4-3-5-17(18)22-20(26)21-8-9-23-10-12-24(13-11-23)19(25)16-7-14-28-15-16/h3-7,14-15H,2,8-13H2,1H3,(H2,21,22,26). The second-order valence-electron chi connectivity index (χ2n) is 6.46. The zero-order valence-corrected chi connectivity index (χ0v) is 16.8. The SMILES string of the molecule is CCOc1ccccc1NC(=O)NCCN1CCN(C(=O)c2ccsc2)CC1. The highest BCUT2D eigenvalue weighted by atomic mass is 32.1. The summed E-state index contributed by atoms with van der Waals surface area (Å²) in [5.41, 5.74) is 1.42. The lowest BCUT2D eigenvalue weighted by atomic mass is 10.2. The van der Waals surface area contributed by atoms with Gasteiger partial charge in [-0.3, -0.25) is 9.69 Å². The molecule has 7 nitrogen and oxygen atoms in total. The van der Waals surface area contributed by atoms with Crippen molar-refractivity contribution in [2.45, 2.75) is 6.92 Å². The average molecular weight is 403 g/mol. The number of nitrogens with one attached hydrogen (secondary N) is 2. The molecule has 1 aliphatic rings. The predicted molar refractivity (Wildman–Crippen MR) is 111 cm³/mol. The first-order chi connectivity index (χ1) is 13.7. The lowest BCUT2D eigenvalue weighted by Crippen LogP contribution is -2.50. The number of carbonyl (C=O) groups excluding carboxylic acids is 2. The van der Waals surface area contributed by atoms with Gasteiger partial charge < -0.3 is 20.3 Å². The normalized spacial score (nSPS) is 14.5. The maximum absolute atomic E-state index is 12.4. The summed E-state index contributed by atoms with van der Waals surface area (Å²) in [6.07, 6.45) is 0. The maximum Gasteiger partial charge on any atom is 0.319 e. The van der Waals surface area contributed by atoms with E-state index in [0.717, 1.165) is 25.2 Å². The number of nitrogens with zero attached hydrogens (tertiary/aromatic N) is 2. The van der Waals surface area contributed by atoms with Gasteiger partial charge in [0.15, 0.2) is 0 Å². The Kier molecular flexibility index (Phi) is 7.27. The van der Waals surface area contributed by atoms with Gasteiger partial charge in [0.05, 0.1) is 17.9 Å². The van der Waals surface area contributed by atoms with E-state index in [2.05, 4.69) is 15.5 Å². The molecule has 0 spiro atoms. The van der Waals surface area contributed by atoms with E-state index in [1.165, 1.54) is 11.3 Å². The fraction of sp³-hybridized carbons (Fsp3) is 0.400. The summed E-state index contributed by atoms with van der Waals surface area (Å²) in [6, 6.07) is 8.99. The predicted octanol–water partition coefficient (Wildman–Crippen LogP) is 2.73. The van der Waals surface area contributed by atoms with Gasteiger partial charge in [-0.15, -0.1) is 0 Å². The molecule has 1 aromatic heterocycles. The number of amides is 3. The minimum Gasteiger partial charge on any atom is -0.492 e. The Balaban J connectivity index is 1.37. The van der Waals surface area contributed by atoms with Crippen molar-refractivity contribution in [2.75, 3.05) is 51.2 Å². The Hall–Kier alpha value is -2.58. The number of urea groups is 1. The second-order valence-corrected chi connectivity index (χ2v) is 7.24. The number of piperazine rings is 1. The van der Waals surface area contributed by atoms with Crippen LogP contribution in [-0.4, -0.2) is 67.6 Å². The van der Waals surface area contributed by atoms with E-state index in [-0.39, 0.29) is 11.9 Å². The van der Waals surface area contributed by atoms with E-state index < -0.39 is 0 Å². The maximum atomic E-state index is 12.4. The molecule has 2 heterocycles. The van der Waals surface area contributed by atoms with Crippen molar-refractivity contribution in [3.8, 4) is 5.75 Å². The summed E-state index contributed by atoms with van der Waals surface area (Å²) in [4.78, 5) is 28.6. The summed E-state index contributed by atoms with van der Waals surface area (Å²) in [7, 11) is 0. The van der Waals surface area contributed by atoms with Crippen LogP contribution in [0.15, 0.2) is 41.1 Å². The smallest absolute Gasteiger partial charge is 0.319 e. The van der Waals surface area contributed by atoms with Crippen molar-refractivity contribution in [3.63, 3.8) is 0 Å². The summed E-state index contributed by atoms with van der Waals surface area (Å²) < 4.78 is 5.51. The van der Waals surface area contributed by atoms with Crippen LogP contribution in [0.2, 0.25) is 0 Å². The fourth-order valence-corrected chi connectivity index (χ4v) is 3.72. The van der Waals surface area contributed by atoms with Crippen LogP contribution in [0, 0.1) is 0 Å². The van der Waals surface area contributed by atoms with Gasteiger partial charge in [0, 0.05) is 44.6 Å². The van der Waals surface area contributed by atoms with Crippen LogP contribution in [0.3, 0.4) is 0 Å². The summed E-state index contributed by atoms with van der Waals surface area (Å²) in [5.74, 6) is 0.762. The third-order valence-electron chi connectivity index (χ3n) is 4.58. The number of hydrogen-bond acceptors (Lipinski definition) is 5. The minimum absolute atomic E-state index is 0.103. The van der Waals surface area contributed by atoms with Crippen LogP contribution >= 0.6 is 11.3 Å². The molecule has 1 aliphatic heterocycles. The van der Waals surface area contributed by atoms with Gasteiger partial charge >= 0.3 is 6.03 Å². The lowest BCUT2D eigenvalue weighted by Gasteiger charge is -2.34. The summed E-state index contributed by atoms with van der Waals surface area (Å²) >= 11 is 1.54. The average Bonchev–Trinajstić information content (AvgIpc) is 3.24. The second kappa shape index (κ2) is 10.1. The van der Waals surface area contributed by atoms with Gasteiger partial charge in [-0.2, -0.15) is 11.3 Å². The Morgan fingerprint density at radius 1 is 1.14 bits per heavy atom. The Morgan fingerprint density at radius 2 is 1.93 bits per heavy atom. The topological polar surface area (TPSA) is 73.9 Å². The van der Waals surface area contributed by atoms with Gasteiger partial charge in [-0.25, -0.2) is 4.79 Å². The molecule has 150 valence electrons. The monoisotopic (exact) mass is 402 g/mol. The van der Waals surface area contributed by atoms with E-state index in [9.17, 15) is 9.59 Å². The third kappa shape index (κ3) is 5.46. The molecule has 1 fully saturated rings. The minimum atomic E-state index is -0.251. The van der Waals surface area contributed by atoms with Crippen LogP contribution < -0.4 is 15.4 Å². The highest BCUT2D eigenvalue weighted by Gasteiger charge is 2.22. The summed E-state index contributed by atoms with van der Waals surface area (Å²) in [6.45, 7) is 6.79. The van der Waals surface area contributed by atoms with E-state index in [1.807, 2.05) is 52.9 Å². The number of para-hydroxylation sites is 2. The van der Waals surface area contributed by atoms with Crippen molar-refractivity contribution in [1.82, 2.24) is 15.1 Å². The van der Waals surface area contributed by atoms with Crippen LogP contribution in [0.4, 0.5) is 10.5 Å². The largest absolute Gasteiger partial charge is 0.492 e. The molecule has 8 heteroatoms. The van der Waals surface area contributed by atoms with Crippen molar-refractivity contribution >= 4 is 29.0 Å². The molecule has 0 radical (unpaired) electrons. The van der Waals surface area contributed by atoms with E-state index in [0.29, 0.717) is 37.7 Å². The van der Waals surface area contributed by atoms with Crippen molar-refractivity contribution < 1.29 is 14.3 Å². The number of benzene rings is 1. The number of hydrogen-bond donors (Lipinski definition) is 2. The van der Waals surface area contributed by atoms with Gasteiger partial charge in [0.1, 0.15) is 5.75 Å². The van der Waals surface area contributed by atoms with Crippen molar-refractivity contribution in [3.05, 3.63) is 46.7 Å². The first kappa shape index (κ1) is 20.2. The van der Waals surface area contributed by atoms with E-state index >= 15 is 0 Å². The van der Waals surface area contributed by atoms with Crippen LogP contribution in [0.1, 0.15) is 17.3 Å². The molecule has 1 saturated heterocycles. The number of carbonyl (C=O) groups is 2. The molecule has 28 heavy (non-hydrogen) atoms. The summed E-state index contributed by atoms with van der Waals surface area (Å²) in [5, 5.41) is 9.52. The molecule has 0 aliphatic carbocycles. The molecule has 3 rings (SSSR count). The highest BCUT2D eigenvalue weighted by molar-refractivity contribution is 7.08.